The van der Waals surface area contributed by atoms with E-state index in [9.17, 15) is 4.39 Å². The standard InChI is InChI=1S/C12H11FN2O/c13-12(6-7-16)10-8-14-15(9-10)11-4-2-1-3-5-11/h1-6,8-9,16H,7H2/b12-6-. The summed E-state index contributed by atoms with van der Waals surface area (Å²) in [5.41, 5.74) is 1.23. The third kappa shape index (κ3) is 2.17. The van der Waals surface area contributed by atoms with Crippen LogP contribution in [0.1, 0.15) is 5.56 Å². The first-order chi connectivity index (χ1) is 7.81. The summed E-state index contributed by atoms with van der Waals surface area (Å²) < 4.78 is 14.9. The first-order valence-electron chi connectivity index (χ1n) is 4.88. The Balaban J connectivity index is 2.30. The monoisotopic (exact) mass is 218 g/mol. The van der Waals surface area contributed by atoms with E-state index in [-0.39, 0.29) is 6.61 Å². The number of halogens is 1. The Kier molecular flexibility index (Phi) is 3.12. The SMILES string of the molecule is OC/C=C(\F)c1cnn(-c2ccccc2)c1. The summed E-state index contributed by atoms with van der Waals surface area (Å²) >= 11 is 0. The van der Waals surface area contributed by atoms with Crippen molar-refractivity contribution in [1.82, 2.24) is 9.78 Å². The highest BCUT2D eigenvalue weighted by Gasteiger charge is 2.04. The summed E-state index contributed by atoms with van der Waals surface area (Å²) in [6, 6.07) is 9.43. The van der Waals surface area contributed by atoms with Crippen molar-refractivity contribution >= 4 is 5.83 Å². The zero-order valence-electron chi connectivity index (χ0n) is 8.55. The van der Waals surface area contributed by atoms with Gasteiger partial charge in [0.15, 0.2) is 0 Å². The summed E-state index contributed by atoms with van der Waals surface area (Å²) in [6.07, 6.45) is 4.11. The van der Waals surface area contributed by atoms with Crippen LogP contribution in [0.4, 0.5) is 4.39 Å². The first-order valence-corrected chi connectivity index (χ1v) is 4.88. The van der Waals surface area contributed by atoms with E-state index >= 15 is 0 Å². The Morgan fingerprint density at radius 1 is 1.38 bits per heavy atom. The first kappa shape index (κ1) is 10.6. The largest absolute Gasteiger partial charge is 0.392 e. The molecule has 0 aliphatic heterocycles. The highest BCUT2D eigenvalue weighted by Crippen LogP contribution is 2.16. The van der Waals surface area contributed by atoms with Crippen LogP contribution in [0.2, 0.25) is 0 Å². The number of benzene rings is 1. The summed E-state index contributed by atoms with van der Waals surface area (Å²) in [5.74, 6) is -0.468. The van der Waals surface area contributed by atoms with E-state index in [0.29, 0.717) is 5.56 Å². The molecule has 2 rings (SSSR count). The van der Waals surface area contributed by atoms with E-state index < -0.39 is 5.83 Å². The fourth-order valence-corrected chi connectivity index (χ4v) is 1.37. The Bertz CT molecular complexity index is 491. The van der Waals surface area contributed by atoms with Crippen LogP contribution in [0.15, 0.2) is 48.8 Å². The van der Waals surface area contributed by atoms with Gasteiger partial charge in [0.1, 0.15) is 5.83 Å². The van der Waals surface area contributed by atoms with Gasteiger partial charge in [0.25, 0.3) is 0 Å². The minimum Gasteiger partial charge on any atom is -0.392 e. The van der Waals surface area contributed by atoms with Gasteiger partial charge in [-0.1, -0.05) is 18.2 Å². The number of nitrogens with zero attached hydrogens (tertiary/aromatic N) is 2. The molecule has 0 spiro atoms. The average molecular weight is 218 g/mol. The van der Waals surface area contributed by atoms with E-state index in [1.54, 1.807) is 10.9 Å². The van der Waals surface area contributed by atoms with Gasteiger partial charge in [0.05, 0.1) is 18.5 Å². The van der Waals surface area contributed by atoms with Crippen LogP contribution in [-0.2, 0) is 0 Å². The highest BCUT2D eigenvalue weighted by molar-refractivity contribution is 5.57. The van der Waals surface area contributed by atoms with Gasteiger partial charge in [0, 0.05) is 11.8 Å². The van der Waals surface area contributed by atoms with Gasteiger partial charge in [-0.25, -0.2) is 9.07 Å². The lowest BCUT2D eigenvalue weighted by Crippen LogP contribution is -1.92. The quantitative estimate of drug-likeness (QED) is 0.857. The minimum absolute atomic E-state index is 0.317. The van der Waals surface area contributed by atoms with Gasteiger partial charge >= 0.3 is 0 Å². The molecule has 0 atom stereocenters. The van der Waals surface area contributed by atoms with Crippen LogP contribution >= 0.6 is 0 Å². The van der Waals surface area contributed by atoms with Crippen molar-refractivity contribution in [2.24, 2.45) is 0 Å². The van der Waals surface area contributed by atoms with E-state index in [1.165, 1.54) is 6.20 Å². The molecule has 2 aromatic rings. The number of para-hydroxylation sites is 1. The smallest absolute Gasteiger partial charge is 0.131 e. The number of aliphatic hydroxyl groups excluding tert-OH is 1. The lowest BCUT2D eigenvalue weighted by atomic mass is 10.3. The van der Waals surface area contributed by atoms with Gasteiger partial charge < -0.3 is 5.11 Å². The molecule has 0 aliphatic rings. The molecule has 0 fully saturated rings. The van der Waals surface area contributed by atoms with E-state index in [0.717, 1.165) is 11.8 Å². The van der Waals surface area contributed by atoms with E-state index in [2.05, 4.69) is 5.10 Å². The molecule has 1 heterocycles. The van der Waals surface area contributed by atoms with Gasteiger partial charge in [-0.15, -0.1) is 0 Å². The molecular formula is C12H11FN2O. The van der Waals surface area contributed by atoms with Crippen LogP contribution in [0.5, 0.6) is 0 Å². The summed E-state index contributed by atoms with van der Waals surface area (Å²) in [7, 11) is 0. The van der Waals surface area contributed by atoms with Crippen molar-refractivity contribution in [3.63, 3.8) is 0 Å². The number of hydrogen-bond acceptors (Lipinski definition) is 2. The molecule has 3 nitrogen and oxygen atoms in total. The van der Waals surface area contributed by atoms with Crippen LogP contribution < -0.4 is 0 Å². The van der Waals surface area contributed by atoms with Crippen LogP contribution in [0.3, 0.4) is 0 Å². The van der Waals surface area contributed by atoms with Crippen molar-refractivity contribution in [3.8, 4) is 5.69 Å². The third-order valence-corrected chi connectivity index (χ3v) is 2.15. The van der Waals surface area contributed by atoms with Crippen LogP contribution in [-0.4, -0.2) is 21.5 Å². The maximum Gasteiger partial charge on any atom is 0.131 e. The molecule has 82 valence electrons. The lowest BCUT2D eigenvalue weighted by molar-refractivity contribution is 0.342. The predicted molar refractivity (Wildman–Crippen MR) is 59.7 cm³/mol. The summed E-state index contributed by atoms with van der Waals surface area (Å²) in [4.78, 5) is 0. The second-order valence-electron chi connectivity index (χ2n) is 3.24. The highest BCUT2D eigenvalue weighted by atomic mass is 19.1. The second-order valence-corrected chi connectivity index (χ2v) is 3.24. The number of aliphatic hydroxyl groups is 1. The van der Waals surface area contributed by atoms with Gasteiger partial charge in [-0.05, 0) is 18.2 Å². The molecule has 4 heteroatoms. The maximum atomic E-state index is 13.3. The Hall–Kier alpha value is -1.94. The second kappa shape index (κ2) is 4.72. The van der Waals surface area contributed by atoms with Gasteiger partial charge in [-0.2, -0.15) is 5.10 Å². The van der Waals surface area contributed by atoms with Crippen LogP contribution in [0.25, 0.3) is 11.5 Å². The van der Waals surface area contributed by atoms with Crippen molar-refractivity contribution < 1.29 is 9.50 Å². The number of aromatic nitrogens is 2. The van der Waals surface area contributed by atoms with E-state index in [4.69, 9.17) is 5.11 Å². The molecule has 16 heavy (non-hydrogen) atoms. The molecule has 0 amide bonds. The van der Waals surface area contributed by atoms with Crippen molar-refractivity contribution in [1.29, 1.82) is 0 Å². The molecule has 0 saturated heterocycles. The normalized spacial score (nSPS) is 11.8. The molecule has 1 aromatic heterocycles. The van der Waals surface area contributed by atoms with E-state index in [1.807, 2.05) is 30.3 Å². The maximum absolute atomic E-state index is 13.3. The fourth-order valence-electron chi connectivity index (χ4n) is 1.37. The number of hydrogen-bond donors (Lipinski definition) is 1. The zero-order valence-corrected chi connectivity index (χ0v) is 8.55. The van der Waals surface area contributed by atoms with Gasteiger partial charge in [-0.3, -0.25) is 0 Å². The number of rotatable bonds is 3. The van der Waals surface area contributed by atoms with Crippen LogP contribution in [0, 0.1) is 0 Å². The molecule has 0 bridgehead atoms. The topological polar surface area (TPSA) is 38.1 Å². The van der Waals surface area contributed by atoms with Crippen molar-refractivity contribution in [2.75, 3.05) is 6.61 Å². The van der Waals surface area contributed by atoms with Crippen molar-refractivity contribution in [2.45, 2.75) is 0 Å². The zero-order chi connectivity index (χ0) is 11.4. The molecular weight excluding hydrogens is 207 g/mol. The van der Waals surface area contributed by atoms with Crippen molar-refractivity contribution in [3.05, 3.63) is 54.4 Å². The third-order valence-electron chi connectivity index (χ3n) is 2.15. The summed E-state index contributed by atoms with van der Waals surface area (Å²) in [6.45, 7) is -0.317. The fraction of sp³-hybridized carbons (Fsp3) is 0.0833. The predicted octanol–water partition coefficient (Wildman–Crippen LogP) is 2.17. The Labute approximate surface area is 92.5 Å². The molecule has 0 unspecified atom stereocenters. The summed E-state index contributed by atoms with van der Waals surface area (Å²) in [5, 5.41) is 12.6. The average Bonchev–Trinajstić information content (AvgIpc) is 2.80. The minimum atomic E-state index is -0.468. The molecule has 1 aromatic carbocycles. The molecule has 0 radical (unpaired) electrons. The molecule has 0 saturated carbocycles. The lowest BCUT2D eigenvalue weighted by Gasteiger charge is -1.98. The van der Waals surface area contributed by atoms with Gasteiger partial charge in [0.2, 0.25) is 0 Å². The Morgan fingerprint density at radius 2 is 2.12 bits per heavy atom. The molecule has 0 aliphatic carbocycles. The Morgan fingerprint density at radius 3 is 2.81 bits per heavy atom. The molecule has 1 N–H and O–H groups in total.